The van der Waals surface area contributed by atoms with Crippen LogP contribution in [0.2, 0.25) is 0 Å². The van der Waals surface area contributed by atoms with Crippen LogP contribution in [0.5, 0.6) is 17.2 Å². The normalized spacial score (nSPS) is 30.0. The molecule has 4 heterocycles. The maximum absolute atomic E-state index is 14.8. The van der Waals surface area contributed by atoms with Crippen LogP contribution in [0.1, 0.15) is 88.4 Å². The van der Waals surface area contributed by atoms with Crippen molar-refractivity contribution < 1.29 is 53.4 Å². The van der Waals surface area contributed by atoms with Crippen molar-refractivity contribution in [3.05, 3.63) is 74.7 Å². The Hall–Kier alpha value is -5.28. The van der Waals surface area contributed by atoms with Crippen LogP contribution in [0.15, 0.2) is 51.4 Å². The summed E-state index contributed by atoms with van der Waals surface area (Å²) in [5.74, 6) is -6.17. The first-order valence-electron chi connectivity index (χ1n) is 20.2. The largest absolute Gasteiger partial charge is 0.507 e. The van der Waals surface area contributed by atoms with Gasteiger partial charge in [-0.2, -0.15) is 0 Å². The molecule has 14 heteroatoms. The van der Waals surface area contributed by atoms with Crippen LogP contribution in [0.3, 0.4) is 0 Å². The molecule has 1 amide bonds. The summed E-state index contributed by atoms with van der Waals surface area (Å²) >= 11 is 0. The molecule has 5 N–H and O–H groups in total. The van der Waals surface area contributed by atoms with Crippen molar-refractivity contribution in [3.63, 3.8) is 0 Å². The van der Waals surface area contributed by atoms with Gasteiger partial charge in [0.1, 0.15) is 28.4 Å². The first kappa shape index (κ1) is 44.3. The van der Waals surface area contributed by atoms with Gasteiger partial charge in [-0.05, 0) is 44.4 Å². The minimum atomic E-state index is -2.01. The lowest BCUT2D eigenvalue weighted by atomic mass is 9.78. The number of aliphatic hydroxyl groups is 3. The Balaban J connectivity index is 1.65. The number of hydrogen-bond donors (Lipinski definition) is 5. The number of Topliss-reactive ketones (excluding diaryl/α,β-unsaturated/α-hetero) is 1. The van der Waals surface area contributed by atoms with Gasteiger partial charge < -0.3 is 49.1 Å². The van der Waals surface area contributed by atoms with Crippen molar-refractivity contribution in [1.29, 1.82) is 0 Å². The summed E-state index contributed by atoms with van der Waals surface area (Å²) in [5.41, 5.74) is 1.05. The number of carbonyl (C=O) groups excluding carboxylic acids is 2. The third-order valence-corrected chi connectivity index (χ3v) is 12.4. The smallest absolute Gasteiger partial charge is 0.312 e. The van der Waals surface area contributed by atoms with Gasteiger partial charge >= 0.3 is 5.79 Å². The average molecular weight is 829 g/mol. The number of methoxy groups -OCH3 is 2. The molecule has 0 radical (unpaired) electrons. The molecule has 9 atom stereocenters. The number of fused-ring (bicyclic) bond motifs is 14. The van der Waals surface area contributed by atoms with E-state index in [1.807, 2.05) is 26.8 Å². The van der Waals surface area contributed by atoms with Gasteiger partial charge in [-0.1, -0.05) is 59.8 Å². The highest BCUT2D eigenvalue weighted by molar-refractivity contribution is 6.22. The van der Waals surface area contributed by atoms with E-state index in [0.717, 1.165) is 5.56 Å². The second-order valence-electron chi connectivity index (χ2n) is 16.8. The predicted octanol–water partition coefficient (Wildman–Crippen LogP) is 6.82. The molecule has 0 saturated heterocycles. The fourth-order valence-corrected chi connectivity index (χ4v) is 8.37. The number of ketones is 1. The molecule has 5 bridgehead atoms. The molecule has 1 aliphatic carbocycles. The van der Waals surface area contributed by atoms with Crippen LogP contribution in [-0.2, 0) is 14.3 Å². The minimum absolute atomic E-state index is 0.00118. The predicted molar refractivity (Wildman–Crippen MR) is 227 cm³/mol. The molecule has 14 nitrogen and oxygen atoms in total. The van der Waals surface area contributed by atoms with Crippen LogP contribution in [0.25, 0.3) is 33.3 Å². The van der Waals surface area contributed by atoms with Crippen molar-refractivity contribution in [2.75, 3.05) is 19.5 Å². The lowest BCUT2D eigenvalue weighted by molar-refractivity contribution is -0.112. The number of anilines is 1. The Kier molecular flexibility index (Phi) is 12.3. The SMILES string of the molecule is COc1c(C(C)C)cc(C)c2nc3c4c5c6c(C)c(O)c4c(=O)c(c-3oc12)NC(=O)/C(C)=C\C=C\[C@H](C)[C@H](O)[C@@H](C)[C@@H](O)[C@@H](C)[C@H](O)[C@H](C)[C@@H](OC)/C=C/O[C@@](C)(O6)C5=O. The topological polar surface area (TPSA) is 207 Å². The summed E-state index contributed by atoms with van der Waals surface area (Å²) < 4.78 is 30.4. The molecule has 0 saturated carbocycles. The van der Waals surface area contributed by atoms with Crippen LogP contribution < -0.4 is 20.2 Å². The van der Waals surface area contributed by atoms with Gasteiger partial charge in [0.05, 0.1) is 48.7 Å². The summed E-state index contributed by atoms with van der Waals surface area (Å²) in [4.78, 5) is 48.4. The lowest BCUT2D eigenvalue weighted by Gasteiger charge is -2.36. The standard InChI is InChI=1S/C46H56N2O12/c1-19(2)27-18-22(5)32-43(41(27)57-12)59-42-33(47-32)29-30-38(52)26(9)40-31(29)44(54)46(10,60-40)58-17-16-28(56-11)23(6)36(50)25(8)37(51)24(7)35(49)20(3)14-13-15-21(4)45(55)48-34(42)39(30)53/h13-20,23-25,28,35-37,49-52H,1-12H3,(H,48,55)/b14-13+,17-16+,21-15-/t20-,23+,24+,25-,28-,35-,36+,37+,46-/m0/s1. The number of aryl methyl sites for hydroxylation is 1. The Morgan fingerprint density at radius 1 is 0.917 bits per heavy atom. The molecule has 7 rings (SSSR count). The van der Waals surface area contributed by atoms with Crippen molar-refractivity contribution in [2.24, 2.45) is 23.7 Å². The number of amides is 1. The highest BCUT2D eigenvalue weighted by Gasteiger charge is 2.50. The van der Waals surface area contributed by atoms with E-state index in [-0.39, 0.29) is 61.9 Å². The highest BCUT2D eigenvalue weighted by Crippen LogP contribution is 2.51. The number of phenolic OH excluding ortho intramolecular Hbond substituents is 1. The zero-order valence-corrected chi connectivity index (χ0v) is 36.2. The number of ether oxygens (including phenoxy) is 4. The molecule has 0 fully saturated rings. The molecule has 60 heavy (non-hydrogen) atoms. The third-order valence-electron chi connectivity index (χ3n) is 12.4. The van der Waals surface area contributed by atoms with E-state index in [4.69, 9.17) is 28.3 Å². The maximum atomic E-state index is 14.8. The summed E-state index contributed by atoms with van der Waals surface area (Å²) in [6.45, 7) is 17.1. The van der Waals surface area contributed by atoms with Crippen molar-refractivity contribution in [3.8, 4) is 28.7 Å². The van der Waals surface area contributed by atoms with Crippen LogP contribution in [-0.4, -0.2) is 81.5 Å². The second-order valence-corrected chi connectivity index (χ2v) is 16.8. The Labute approximate surface area is 348 Å². The third kappa shape index (κ3) is 7.33. The summed E-state index contributed by atoms with van der Waals surface area (Å²) in [5, 5.41) is 48.1. The molecule has 2 aromatic carbocycles. The van der Waals surface area contributed by atoms with Crippen LogP contribution in [0.4, 0.5) is 5.69 Å². The van der Waals surface area contributed by atoms with E-state index in [0.29, 0.717) is 16.8 Å². The van der Waals surface area contributed by atoms with Gasteiger partial charge in [-0.3, -0.25) is 14.4 Å². The Bertz CT molecular complexity index is 2480. The van der Waals surface area contributed by atoms with Gasteiger partial charge in [0.15, 0.2) is 17.1 Å². The number of phenols is 1. The van der Waals surface area contributed by atoms with Gasteiger partial charge in [0, 0.05) is 59.8 Å². The molecule has 4 aliphatic heterocycles. The van der Waals surface area contributed by atoms with Gasteiger partial charge in [-0.15, -0.1) is 0 Å². The minimum Gasteiger partial charge on any atom is -0.507 e. The van der Waals surface area contributed by atoms with Crippen molar-refractivity contribution >= 4 is 39.2 Å². The number of hydrogen-bond acceptors (Lipinski definition) is 13. The number of allylic oxidation sites excluding steroid dienone is 2. The quantitative estimate of drug-likeness (QED) is 0.106. The maximum Gasteiger partial charge on any atom is 0.312 e. The molecular weight excluding hydrogens is 773 g/mol. The van der Waals surface area contributed by atoms with E-state index < -0.39 is 76.7 Å². The average Bonchev–Trinajstić information content (AvgIpc) is 3.48. The number of nitrogens with zero attached hydrogens (tertiary/aromatic N) is 1. The number of aromatic hydroxyl groups is 1. The van der Waals surface area contributed by atoms with E-state index in [2.05, 4.69) is 5.32 Å². The molecular formula is C46H56N2O12. The fourth-order valence-electron chi connectivity index (χ4n) is 8.37. The molecule has 0 aromatic heterocycles. The summed E-state index contributed by atoms with van der Waals surface area (Å²) in [7, 11) is 2.94. The summed E-state index contributed by atoms with van der Waals surface area (Å²) in [6.07, 6.45) is 3.52. The number of carbonyl (C=O) groups is 2. The number of aliphatic hydroxyl groups excluding tert-OH is 3. The first-order chi connectivity index (χ1) is 28.2. The first-order valence-corrected chi connectivity index (χ1v) is 20.2. The lowest BCUT2D eigenvalue weighted by Crippen LogP contribution is -2.44. The molecule has 2 aromatic rings. The Morgan fingerprint density at radius 3 is 2.20 bits per heavy atom. The van der Waals surface area contributed by atoms with Gasteiger partial charge in [-0.25, -0.2) is 4.98 Å². The highest BCUT2D eigenvalue weighted by atomic mass is 16.7. The number of benzene rings is 3. The monoisotopic (exact) mass is 828 g/mol. The van der Waals surface area contributed by atoms with E-state index in [1.54, 1.807) is 39.8 Å². The second kappa shape index (κ2) is 16.6. The van der Waals surface area contributed by atoms with E-state index in [9.17, 15) is 34.8 Å². The van der Waals surface area contributed by atoms with Crippen molar-refractivity contribution in [1.82, 2.24) is 4.98 Å². The Morgan fingerprint density at radius 2 is 1.57 bits per heavy atom. The van der Waals surface area contributed by atoms with E-state index in [1.165, 1.54) is 53.4 Å². The van der Waals surface area contributed by atoms with Gasteiger partial charge in [0.25, 0.3) is 11.7 Å². The molecule has 322 valence electrons. The zero-order valence-electron chi connectivity index (χ0n) is 36.2. The van der Waals surface area contributed by atoms with Gasteiger partial charge in [0.2, 0.25) is 5.43 Å². The number of rotatable bonds is 3. The fraction of sp³-hybridized carbons (Fsp3) is 0.478. The zero-order chi connectivity index (χ0) is 44.3. The van der Waals surface area contributed by atoms with Crippen LogP contribution >= 0.6 is 0 Å². The number of aromatic nitrogens is 1. The van der Waals surface area contributed by atoms with Crippen LogP contribution in [0, 0.1) is 37.5 Å². The summed E-state index contributed by atoms with van der Waals surface area (Å²) in [6, 6.07) is 1.92. The molecule has 0 unspecified atom stereocenters. The molecule has 0 spiro atoms. The van der Waals surface area contributed by atoms with E-state index >= 15 is 0 Å². The van der Waals surface area contributed by atoms with Crippen molar-refractivity contribution in [2.45, 2.75) is 105 Å². The number of nitrogens with one attached hydrogen (secondary N) is 1. The molecule has 5 aliphatic rings.